The SMILES string of the molecule is COc1ccc(C(CN)(CF)C(=O)O)cc1. The Balaban J connectivity index is 3.16. The molecule has 0 aliphatic rings. The number of carboxylic acid groups (broad SMARTS) is 1. The molecule has 0 saturated carbocycles. The van der Waals surface area contributed by atoms with Gasteiger partial charge in [-0.3, -0.25) is 4.79 Å². The number of alkyl halides is 1. The molecule has 1 unspecified atom stereocenters. The van der Waals surface area contributed by atoms with Gasteiger partial charge in [0.2, 0.25) is 0 Å². The summed E-state index contributed by atoms with van der Waals surface area (Å²) in [7, 11) is 1.50. The molecule has 1 aromatic rings. The number of carboxylic acids is 1. The van der Waals surface area contributed by atoms with Gasteiger partial charge in [-0.1, -0.05) is 12.1 Å². The lowest BCUT2D eigenvalue weighted by Crippen LogP contribution is -2.45. The van der Waals surface area contributed by atoms with E-state index in [4.69, 9.17) is 15.6 Å². The van der Waals surface area contributed by atoms with Crippen molar-refractivity contribution >= 4 is 5.97 Å². The van der Waals surface area contributed by atoms with Gasteiger partial charge in [0.15, 0.2) is 0 Å². The third-order valence-electron chi connectivity index (χ3n) is 2.63. The van der Waals surface area contributed by atoms with Crippen molar-refractivity contribution in [2.45, 2.75) is 5.41 Å². The van der Waals surface area contributed by atoms with Crippen LogP contribution in [0.15, 0.2) is 24.3 Å². The molecule has 0 aliphatic heterocycles. The van der Waals surface area contributed by atoms with Gasteiger partial charge in [0, 0.05) is 6.54 Å². The van der Waals surface area contributed by atoms with Crippen LogP contribution in [0, 0.1) is 0 Å². The van der Waals surface area contributed by atoms with Crippen LogP contribution in [0.25, 0.3) is 0 Å². The minimum atomic E-state index is -1.66. The molecule has 1 aromatic carbocycles. The molecule has 0 spiro atoms. The molecule has 4 nitrogen and oxygen atoms in total. The lowest BCUT2D eigenvalue weighted by atomic mass is 9.82. The van der Waals surface area contributed by atoms with Crippen molar-refractivity contribution in [2.75, 3.05) is 20.3 Å². The van der Waals surface area contributed by atoms with E-state index in [1.807, 2.05) is 0 Å². The molecular formula is C11H14FNO3. The summed E-state index contributed by atoms with van der Waals surface area (Å²) in [5.41, 5.74) is 4.05. The van der Waals surface area contributed by atoms with Gasteiger partial charge < -0.3 is 15.6 Å². The fraction of sp³-hybridized carbons (Fsp3) is 0.364. The zero-order chi connectivity index (χ0) is 12.2. The van der Waals surface area contributed by atoms with Gasteiger partial charge in [0.25, 0.3) is 0 Å². The fourth-order valence-corrected chi connectivity index (χ4v) is 1.43. The summed E-state index contributed by atoms with van der Waals surface area (Å²) in [6.07, 6.45) is 0. The Morgan fingerprint density at radius 3 is 2.38 bits per heavy atom. The van der Waals surface area contributed by atoms with Crippen molar-refractivity contribution in [1.82, 2.24) is 0 Å². The van der Waals surface area contributed by atoms with Crippen LogP contribution in [0.2, 0.25) is 0 Å². The van der Waals surface area contributed by atoms with Crippen molar-refractivity contribution in [3.8, 4) is 5.75 Å². The van der Waals surface area contributed by atoms with Gasteiger partial charge >= 0.3 is 5.97 Å². The van der Waals surface area contributed by atoms with Crippen LogP contribution in [0.3, 0.4) is 0 Å². The lowest BCUT2D eigenvalue weighted by molar-refractivity contribution is -0.144. The summed E-state index contributed by atoms with van der Waals surface area (Å²) >= 11 is 0. The maximum absolute atomic E-state index is 12.9. The molecule has 0 saturated heterocycles. The number of hydrogen-bond donors (Lipinski definition) is 2. The first kappa shape index (κ1) is 12.4. The van der Waals surface area contributed by atoms with Gasteiger partial charge in [0.1, 0.15) is 17.8 Å². The summed E-state index contributed by atoms with van der Waals surface area (Å²) < 4.78 is 17.9. The predicted molar refractivity (Wildman–Crippen MR) is 57.3 cm³/mol. The van der Waals surface area contributed by atoms with Crippen LogP contribution < -0.4 is 10.5 Å². The third kappa shape index (κ3) is 1.99. The zero-order valence-corrected chi connectivity index (χ0v) is 8.94. The Morgan fingerprint density at radius 1 is 1.50 bits per heavy atom. The first-order valence-corrected chi connectivity index (χ1v) is 4.74. The molecule has 88 valence electrons. The molecule has 1 rings (SSSR count). The highest BCUT2D eigenvalue weighted by Crippen LogP contribution is 2.26. The van der Waals surface area contributed by atoms with E-state index in [0.717, 1.165) is 0 Å². The lowest BCUT2D eigenvalue weighted by Gasteiger charge is -2.24. The van der Waals surface area contributed by atoms with Gasteiger partial charge in [0.05, 0.1) is 7.11 Å². The summed E-state index contributed by atoms with van der Waals surface area (Å²) in [6.45, 7) is -1.32. The standard InChI is InChI=1S/C11H14FNO3/c1-16-9-4-2-8(3-5-9)11(6-12,7-13)10(14)15/h2-5H,6-7,13H2,1H3,(H,14,15). The highest BCUT2D eigenvalue weighted by atomic mass is 19.1. The molecule has 0 bridgehead atoms. The van der Waals surface area contributed by atoms with Crippen LogP contribution in [0.1, 0.15) is 5.56 Å². The monoisotopic (exact) mass is 227 g/mol. The maximum atomic E-state index is 12.9. The topological polar surface area (TPSA) is 72.5 Å². The Hall–Kier alpha value is -1.62. The summed E-state index contributed by atoms with van der Waals surface area (Å²) in [5.74, 6) is -0.679. The minimum absolute atomic E-state index is 0.287. The van der Waals surface area contributed by atoms with E-state index in [2.05, 4.69) is 0 Å². The normalized spacial score (nSPS) is 14.2. The molecule has 16 heavy (non-hydrogen) atoms. The summed E-state index contributed by atoms with van der Waals surface area (Å²) in [4.78, 5) is 11.1. The molecule has 0 radical (unpaired) electrons. The highest BCUT2D eigenvalue weighted by Gasteiger charge is 2.39. The van der Waals surface area contributed by atoms with Crippen LogP contribution in [0.5, 0.6) is 5.75 Å². The number of benzene rings is 1. The molecule has 3 N–H and O–H groups in total. The van der Waals surface area contributed by atoms with Crippen LogP contribution in [0.4, 0.5) is 4.39 Å². The van der Waals surface area contributed by atoms with Crippen molar-refractivity contribution in [2.24, 2.45) is 5.73 Å². The second-order valence-corrected chi connectivity index (χ2v) is 3.45. The summed E-state index contributed by atoms with van der Waals surface area (Å²) in [6, 6.07) is 6.19. The second-order valence-electron chi connectivity index (χ2n) is 3.45. The molecule has 0 heterocycles. The Kier molecular flexibility index (Phi) is 3.84. The molecule has 0 aliphatic carbocycles. The van der Waals surface area contributed by atoms with E-state index >= 15 is 0 Å². The second kappa shape index (κ2) is 4.94. The van der Waals surface area contributed by atoms with Crippen molar-refractivity contribution < 1.29 is 19.0 Å². The molecule has 0 amide bonds. The largest absolute Gasteiger partial charge is 0.497 e. The molecule has 0 fully saturated rings. The quantitative estimate of drug-likeness (QED) is 0.785. The predicted octanol–water partition coefficient (Wildman–Crippen LogP) is 0.946. The number of methoxy groups -OCH3 is 1. The number of halogens is 1. The number of nitrogens with two attached hydrogens (primary N) is 1. The van der Waals surface area contributed by atoms with Crippen molar-refractivity contribution in [1.29, 1.82) is 0 Å². The minimum Gasteiger partial charge on any atom is -0.497 e. The summed E-state index contributed by atoms with van der Waals surface area (Å²) in [5, 5.41) is 9.05. The van der Waals surface area contributed by atoms with Crippen LogP contribution >= 0.6 is 0 Å². The van der Waals surface area contributed by atoms with E-state index in [0.29, 0.717) is 11.3 Å². The number of ether oxygens (including phenoxy) is 1. The van der Waals surface area contributed by atoms with E-state index in [1.54, 1.807) is 12.1 Å². The van der Waals surface area contributed by atoms with Gasteiger partial charge in [-0.25, -0.2) is 4.39 Å². The van der Waals surface area contributed by atoms with Crippen molar-refractivity contribution in [3.63, 3.8) is 0 Å². The van der Waals surface area contributed by atoms with E-state index < -0.39 is 18.1 Å². The maximum Gasteiger partial charge on any atom is 0.318 e. The highest BCUT2D eigenvalue weighted by molar-refractivity contribution is 5.82. The average molecular weight is 227 g/mol. The zero-order valence-electron chi connectivity index (χ0n) is 8.94. The first-order chi connectivity index (χ1) is 7.60. The number of carbonyl (C=O) groups is 1. The molecule has 0 aromatic heterocycles. The first-order valence-electron chi connectivity index (χ1n) is 4.74. The van der Waals surface area contributed by atoms with Crippen LogP contribution in [-0.2, 0) is 10.2 Å². The third-order valence-corrected chi connectivity index (χ3v) is 2.63. The number of rotatable bonds is 5. The number of aliphatic carboxylic acids is 1. The average Bonchev–Trinajstić information content (AvgIpc) is 2.32. The van der Waals surface area contributed by atoms with Crippen LogP contribution in [-0.4, -0.2) is 31.4 Å². The van der Waals surface area contributed by atoms with E-state index in [-0.39, 0.29) is 6.54 Å². The molecular weight excluding hydrogens is 213 g/mol. The smallest absolute Gasteiger partial charge is 0.318 e. The van der Waals surface area contributed by atoms with E-state index in [1.165, 1.54) is 19.2 Å². The molecule has 1 atom stereocenters. The van der Waals surface area contributed by atoms with Gasteiger partial charge in [-0.05, 0) is 17.7 Å². The van der Waals surface area contributed by atoms with Gasteiger partial charge in [-0.2, -0.15) is 0 Å². The van der Waals surface area contributed by atoms with Gasteiger partial charge in [-0.15, -0.1) is 0 Å². The Morgan fingerprint density at radius 2 is 2.06 bits per heavy atom. The molecule has 5 heteroatoms. The van der Waals surface area contributed by atoms with E-state index in [9.17, 15) is 9.18 Å². The Bertz CT molecular complexity index is 360. The fourth-order valence-electron chi connectivity index (χ4n) is 1.43. The van der Waals surface area contributed by atoms with Crippen molar-refractivity contribution in [3.05, 3.63) is 29.8 Å². The Labute approximate surface area is 92.8 Å². The number of hydrogen-bond acceptors (Lipinski definition) is 3.